The SMILES string of the molecule is O=C(CCCC[C@H]1SC[C@H]2NC(=O)N[C@H]21)NS(=O)(=O)c1ccc(C(=O)NCc2cccc(CNC(=O)C34CC5C[C@H](C3)C3(OOC6(CCCCC6)O3)[C@@H](C5)C4)c2)cc1. The summed E-state index contributed by atoms with van der Waals surface area (Å²) in [5.74, 6) is -0.619. The molecule has 5 amide bonds. The molecule has 3 saturated heterocycles. The molecule has 312 valence electrons. The molecule has 0 radical (unpaired) electrons. The molecule has 5 saturated carbocycles. The lowest BCUT2D eigenvalue weighted by molar-refractivity contribution is -0.393. The summed E-state index contributed by atoms with van der Waals surface area (Å²) in [6, 6.07) is 13.3. The Balaban J connectivity index is 0.723. The highest BCUT2D eigenvalue weighted by molar-refractivity contribution is 8.00. The largest absolute Gasteiger partial charge is 0.352 e. The Bertz CT molecular complexity index is 2030. The van der Waals surface area contributed by atoms with Crippen molar-refractivity contribution in [2.24, 2.45) is 23.2 Å². The molecule has 58 heavy (non-hydrogen) atoms. The van der Waals surface area contributed by atoms with E-state index >= 15 is 0 Å². The summed E-state index contributed by atoms with van der Waals surface area (Å²) < 4.78 is 34.7. The van der Waals surface area contributed by atoms with Gasteiger partial charge < -0.3 is 26.0 Å². The third-order valence-electron chi connectivity index (χ3n) is 13.7. The summed E-state index contributed by atoms with van der Waals surface area (Å²) in [6.07, 6.45) is 11.6. The van der Waals surface area contributed by atoms with Crippen LogP contribution in [0.5, 0.6) is 0 Å². The van der Waals surface area contributed by atoms with E-state index in [0.717, 1.165) is 87.5 Å². The van der Waals surface area contributed by atoms with Gasteiger partial charge >= 0.3 is 6.03 Å². The summed E-state index contributed by atoms with van der Waals surface area (Å²) in [4.78, 5) is 63.1. The van der Waals surface area contributed by atoms with Crippen molar-refractivity contribution in [1.29, 1.82) is 0 Å². The molecule has 3 unspecified atom stereocenters. The van der Waals surface area contributed by atoms with Crippen molar-refractivity contribution >= 4 is 45.5 Å². The second kappa shape index (κ2) is 15.7. The second-order valence-corrected chi connectivity index (χ2v) is 20.6. The number of hydrogen-bond donors (Lipinski definition) is 5. The van der Waals surface area contributed by atoms with Crippen molar-refractivity contribution in [1.82, 2.24) is 26.0 Å². The normalized spacial score (nSPS) is 32.8. The van der Waals surface area contributed by atoms with Crippen molar-refractivity contribution in [3.05, 3.63) is 65.2 Å². The molecule has 16 heteroatoms. The molecular weight excluding hydrogens is 783 g/mol. The average molecular weight is 836 g/mol. The van der Waals surface area contributed by atoms with Gasteiger partial charge in [-0.1, -0.05) is 37.1 Å². The van der Waals surface area contributed by atoms with Crippen LogP contribution in [-0.4, -0.2) is 66.8 Å². The molecule has 5 N–H and O–H groups in total. The van der Waals surface area contributed by atoms with Crippen LogP contribution in [0.3, 0.4) is 0 Å². The van der Waals surface area contributed by atoms with E-state index in [9.17, 15) is 27.6 Å². The molecular formula is C42H53N5O9S2. The van der Waals surface area contributed by atoms with Crippen molar-refractivity contribution in [3.63, 3.8) is 0 Å². The van der Waals surface area contributed by atoms with Crippen molar-refractivity contribution in [3.8, 4) is 0 Å². The first-order chi connectivity index (χ1) is 27.9. The van der Waals surface area contributed by atoms with Crippen LogP contribution >= 0.6 is 11.8 Å². The lowest BCUT2D eigenvalue weighted by atomic mass is 9.47. The number of carbonyl (C=O) groups excluding carboxylic acids is 4. The molecule has 14 nitrogen and oxygen atoms in total. The molecule has 0 aromatic heterocycles. The van der Waals surface area contributed by atoms with Crippen LogP contribution in [0.2, 0.25) is 0 Å². The van der Waals surface area contributed by atoms with E-state index in [4.69, 9.17) is 14.5 Å². The number of ether oxygens (including phenoxy) is 1. The predicted molar refractivity (Wildman–Crippen MR) is 213 cm³/mol. The Hall–Kier alpha value is -3.70. The van der Waals surface area contributed by atoms with Gasteiger partial charge in [0.2, 0.25) is 23.4 Å². The smallest absolute Gasteiger partial charge is 0.315 e. The monoisotopic (exact) mass is 835 g/mol. The van der Waals surface area contributed by atoms with Gasteiger partial charge in [-0.15, -0.1) is 0 Å². The highest BCUT2D eigenvalue weighted by Crippen LogP contribution is 2.67. The number of hydrogen-bond acceptors (Lipinski definition) is 10. The molecule has 2 aromatic carbocycles. The number of urea groups is 1. The number of sulfonamides is 1. The van der Waals surface area contributed by atoms with Gasteiger partial charge in [0.05, 0.1) is 22.4 Å². The molecule has 3 heterocycles. The van der Waals surface area contributed by atoms with Crippen LogP contribution in [0.4, 0.5) is 4.79 Å². The van der Waals surface area contributed by atoms with E-state index in [2.05, 4.69) is 26.0 Å². The van der Waals surface area contributed by atoms with Crippen molar-refractivity contribution in [2.75, 3.05) is 5.75 Å². The lowest BCUT2D eigenvalue weighted by Gasteiger charge is -2.61. The Labute approximate surface area is 343 Å². The summed E-state index contributed by atoms with van der Waals surface area (Å²) >= 11 is 1.80. The van der Waals surface area contributed by atoms with Crippen molar-refractivity contribution < 1.29 is 42.1 Å². The predicted octanol–water partition coefficient (Wildman–Crippen LogP) is 4.92. The highest BCUT2D eigenvalue weighted by atomic mass is 32.2. The Morgan fingerprint density at radius 3 is 2.33 bits per heavy atom. The topological polar surface area (TPSA) is 190 Å². The number of unbranched alkanes of at least 4 members (excludes halogenated alkanes) is 1. The quantitative estimate of drug-likeness (QED) is 0.105. The van der Waals surface area contributed by atoms with E-state index in [-0.39, 0.29) is 70.4 Å². The number of benzene rings is 2. The summed E-state index contributed by atoms with van der Waals surface area (Å²) in [7, 11) is -4.11. The van der Waals surface area contributed by atoms with Crippen LogP contribution in [0, 0.1) is 23.2 Å². The fraction of sp³-hybridized carbons (Fsp3) is 0.619. The molecule has 5 aliphatic carbocycles. The maximum atomic E-state index is 13.9. The highest BCUT2D eigenvalue weighted by Gasteiger charge is 2.71. The number of carbonyl (C=O) groups is 4. The summed E-state index contributed by atoms with van der Waals surface area (Å²) in [6.45, 7) is 0.613. The number of nitrogens with one attached hydrogen (secondary N) is 5. The number of thioether (sulfide) groups is 1. The van der Waals surface area contributed by atoms with Gasteiger partial charge in [-0.05, 0) is 99.1 Å². The van der Waals surface area contributed by atoms with E-state index < -0.39 is 32.9 Å². The fourth-order valence-corrected chi connectivity index (χ4v) is 13.6. The molecule has 2 aromatic rings. The van der Waals surface area contributed by atoms with Crippen LogP contribution in [0.25, 0.3) is 0 Å². The molecule has 8 aliphatic rings. The standard InChI is InChI=1S/C42H53N5O9S2/c48-35(10-3-2-9-34-36-33(25-57-34)45-39(51)46-36)47-58(52,53)32-13-11-29(12-14-32)37(49)43-23-26-7-6-8-27(17-26)24-44-38(50)40-20-28-18-30(21-40)42(31(19-28)22-40)54-41(55-56-42)15-4-1-5-16-41/h6-8,11-14,17,28,30-31,33-34,36H,1-5,9-10,15-16,18-25H2,(H,43,49)(H,44,50)(H,47,48)(H2,45,46,51)/t28?,30-,31+,33-,34-,36-,40?,42?/m1/s1. The third-order valence-corrected chi connectivity index (χ3v) is 16.6. The van der Waals surface area contributed by atoms with E-state index in [0.29, 0.717) is 18.9 Å². The van der Waals surface area contributed by atoms with Crippen LogP contribution in [0.1, 0.15) is 111 Å². The first-order valence-electron chi connectivity index (χ1n) is 21.0. The maximum Gasteiger partial charge on any atom is 0.315 e. The average Bonchev–Trinajstić information content (AvgIpc) is 3.89. The molecule has 2 spiro atoms. The lowest BCUT2D eigenvalue weighted by Crippen LogP contribution is -2.65. The van der Waals surface area contributed by atoms with E-state index in [1.807, 2.05) is 24.3 Å². The molecule has 10 rings (SSSR count). The Kier molecular flexibility index (Phi) is 10.8. The van der Waals surface area contributed by atoms with Crippen LogP contribution in [-0.2, 0) is 47.2 Å². The zero-order chi connectivity index (χ0) is 40.1. The first-order valence-corrected chi connectivity index (χ1v) is 23.5. The minimum Gasteiger partial charge on any atom is -0.352 e. The molecule has 8 fully saturated rings. The molecule has 3 aliphatic heterocycles. The van der Waals surface area contributed by atoms with Crippen molar-refractivity contribution in [2.45, 2.75) is 137 Å². The summed E-state index contributed by atoms with van der Waals surface area (Å²) in [5, 5.41) is 12.3. The van der Waals surface area contributed by atoms with Gasteiger partial charge in [0, 0.05) is 60.8 Å². The van der Waals surface area contributed by atoms with E-state index in [1.165, 1.54) is 30.7 Å². The zero-order valence-electron chi connectivity index (χ0n) is 32.6. The Morgan fingerprint density at radius 1 is 0.862 bits per heavy atom. The minimum absolute atomic E-state index is 0.0638. The zero-order valence-corrected chi connectivity index (χ0v) is 34.2. The minimum atomic E-state index is -4.11. The van der Waals surface area contributed by atoms with Gasteiger partial charge in [-0.25, -0.2) is 17.9 Å². The maximum absolute atomic E-state index is 13.9. The molecule has 4 bridgehead atoms. The van der Waals surface area contributed by atoms with Gasteiger partial charge in [0.25, 0.3) is 15.9 Å². The fourth-order valence-electron chi connectivity index (χ4n) is 11.1. The third kappa shape index (κ3) is 7.75. The number of amides is 5. The van der Waals surface area contributed by atoms with E-state index in [1.54, 1.807) is 11.8 Å². The van der Waals surface area contributed by atoms with Gasteiger partial charge in [-0.2, -0.15) is 21.5 Å². The Morgan fingerprint density at radius 2 is 1.59 bits per heavy atom. The van der Waals surface area contributed by atoms with Gasteiger partial charge in [0.1, 0.15) is 0 Å². The van der Waals surface area contributed by atoms with Gasteiger partial charge in [-0.3, -0.25) is 14.4 Å². The number of fused-ring (bicyclic) bond motifs is 1. The van der Waals surface area contributed by atoms with Crippen LogP contribution in [0.15, 0.2) is 53.4 Å². The molecule has 8 atom stereocenters. The van der Waals surface area contributed by atoms with Gasteiger partial charge in [0.15, 0.2) is 0 Å². The van der Waals surface area contributed by atoms with Crippen LogP contribution < -0.4 is 26.0 Å². The number of rotatable bonds is 13. The summed E-state index contributed by atoms with van der Waals surface area (Å²) in [5.41, 5.74) is 1.63. The first kappa shape index (κ1) is 39.7. The second-order valence-electron chi connectivity index (χ2n) is 17.7.